The molecule has 2 aromatic rings. The molecule has 0 aliphatic carbocycles. The van der Waals surface area contributed by atoms with Gasteiger partial charge in [-0.15, -0.1) is 0 Å². The highest BCUT2D eigenvalue weighted by Crippen LogP contribution is 2.29. The number of hydrogen-bond donors (Lipinski definition) is 0. The Morgan fingerprint density at radius 1 is 1.30 bits per heavy atom. The van der Waals surface area contributed by atoms with E-state index in [1.807, 2.05) is 0 Å². The largest absolute Gasteiger partial charge is 0.465 e. The molecule has 0 spiro atoms. The summed E-state index contributed by atoms with van der Waals surface area (Å²) in [5.41, 5.74) is 1.76. The molecular formula is C15H15FO4. The van der Waals surface area contributed by atoms with E-state index in [0.717, 1.165) is 11.1 Å². The number of ether oxygens (including phenoxy) is 2. The van der Waals surface area contributed by atoms with Crippen molar-refractivity contribution in [3.8, 4) is 11.3 Å². The summed E-state index contributed by atoms with van der Waals surface area (Å²) in [5.74, 6) is 0.0583. The van der Waals surface area contributed by atoms with Crippen LogP contribution < -0.4 is 0 Å². The molecule has 5 heteroatoms. The normalized spacial score (nSPS) is 10.6. The molecule has 0 fully saturated rings. The third-order valence-electron chi connectivity index (χ3n) is 2.94. The summed E-state index contributed by atoms with van der Waals surface area (Å²) in [5, 5.41) is 0. The Hall–Kier alpha value is -2.14. The molecule has 0 unspecified atom stereocenters. The zero-order chi connectivity index (χ0) is 14.7. The smallest absolute Gasteiger partial charge is 0.341 e. The summed E-state index contributed by atoms with van der Waals surface area (Å²) in [4.78, 5) is 11.7. The molecule has 0 radical (unpaired) electrons. The Balaban J connectivity index is 2.49. The predicted molar refractivity (Wildman–Crippen MR) is 70.9 cm³/mol. The minimum Gasteiger partial charge on any atom is -0.465 e. The fraction of sp³-hybridized carbons (Fsp3) is 0.267. The van der Waals surface area contributed by atoms with E-state index in [1.165, 1.54) is 26.4 Å². The number of methoxy groups -OCH3 is 2. The summed E-state index contributed by atoms with van der Waals surface area (Å²) in [6.45, 7) is 1.93. The average molecular weight is 278 g/mol. The molecule has 1 aromatic carbocycles. The topological polar surface area (TPSA) is 48.7 Å². The lowest BCUT2D eigenvalue weighted by atomic mass is 10.1. The van der Waals surface area contributed by atoms with Gasteiger partial charge in [-0.05, 0) is 36.8 Å². The van der Waals surface area contributed by atoms with Gasteiger partial charge in [-0.2, -0.15) is 0 Å². The predicted octanol–water partition coefficient (Wildman–Crippen LogP) is 3.33. The second kappa shape index (κ2) is 5.88. The lowest BCUT2D eigenvalue weighted by Crippen LogP contribution is -2.03. The maximum Gasteiger partial charge on any atom is 0.341 e. The van der Waals surface area contributed by atoms with Gasteiger partial charge in [0, 0.05) is 12.7 Å². The molecule has 20 heavy (non-hydrogen) atoms. The molecule has 0 saturated heterocycles. The number of esters is 1. The summed E-state index contributed by atoms with van der Waals surface area (Å²) < 4.78 is 28.5. The van der Waals surface area contributed by atoms with Crippen molar-refractivity contribution in [2.24, 2.45) is 0 Å². The maximum absolute atomic E-state index is 13.1. The van der Waals surface area contributed by atoms with Crippen LogP contribution in [0.1, 0.15) is 21.7 Å². The van der Waals surface area contributed by atoms with E-state index in [9.17, 15) is 9.18 Å². The maximum atomic E-state index is 13.1. The molecule has 2 rings (SSSR count). The highest BCUT2D eigenvalue weighted by atomic mass is 19.1. The molecule has 0 saturated carbocycles. The van der Waals surface area contributed by atoms with E-state index < -0.39 is 5.97 Å². The molecule has 0 atom stereocenters. The Kier molecular flexibility index (Phi) is 4.20. The van der Waals surface area contributed by atoms with E-state index in [4.69, 9.17) is 13.9 Å². The second-order valence-electron chi connectivity index (χ2n) is 4.33. The monoisotopic (exact) mass is 278 g/mol. The van der Waals surface area contributed by atoms with Crippen LogP contribution in [0.4, 0.5) is 4.39 Å². The van der Waals surface area contributed by atoms with Crippen molar-refractivity contribution < 1.29 is 23.1 Å². The van der Waals surface area contributed by atoms with Crippen molar-refractivity contribution in [2.45, 2.75) is 13.5 Å². The van der Waals surface area contributed by atoms with E-state index in [0.29, 0.717) is 17.1 Å². The molecule has 0 N–H and O–H groups in total. The minimum atomic E-state index is -0.494. The Morgan fingerprint density at radius 3 is 2.65 bits per heavy atom. The van der Waals surface area contributed by atoms with Crippen LogP contribution in [0, 0.1) is 12.7 Å². The highest BCUT2D eigenvalue weighted by molar-refractivity contribution is 5.92. The fourth-order valence-electron chi connectivity index (χ4n) is 1.99. The van der Waals surface area contributed by atoms with Crippen molar-refractivity contribution in [1.29, 1.82) is 0 Å². The van der Waals surface area contributed by atoms with Crippen LogP contribution in [0.15, 0.2) is 28.7 Å². The van der Waals surface area contributed by atoms with Gasteiger partial charge in [0.05, 0.1) is 7.11 Å². The lowest BCUT2D eigenvalue weighted by molar-refractivity contribution is 0.0592. The van der Waals surface area contributed by atoms with Crippen LogP contribution in [-0.2, 0) is 16.1 Å². The van der Waals surface area contributed by atoms with Gasteiger partial charge in [-0.1, -0.05) is 0 Å². The molecule has 106 valence electrons. The van der Waals surface area contributed by atoms with Gasteiger partial charge >= 0.3 is 5.97 Å². The van der Waals surface area contributed by atoms with Crippen molar-refractivity contribution >= 4 is 5.97 Å². The zero-order valence-corrected chi connectivity index (χ0v) is 11.5. The SMILES string of the molecule is COCc1oc(-c2ccc(F)cc2C)cc1C(=O)OC. The molecule has 0 bridgehead atoms. The average Bonchev–Trinajstić information content (AvgIpc) is 2.82. The second-order valence-corrected chi connectivity index (χ2v) is 4.33. The number of halogens is 1. The zero-order valence-electron chi connectivity index (χ0n) is 11.5. The van der Waals surface area contributed by atoms with Crippen molar-refractivity contribution in [1.82, 2.24) is 0 Å². The Labute approximate surface area is 116 Å². The summed E-state index contributed by atoms with van der Waals surface area (Å²) in [6.07, 6.45) is 0. The van der Waals surface area contributed by atoms with Crippen molar-refractivity contribution in [2.75, 3.05) is 14.2 Å². The van der Waals surface area contributed by atoms with Crippen LogP contribution in [-0.4, -0.2) is 20.2 Å². The number of rotatable bonds is 4. The molecule has 0 aliphatic heterocycles. The van der Waals surface area contributed by atoms with E-state index in [-0.39, 0.29) is 12.4 Å². The molecule has 1 heterocycles. The summed E-state index contributed by atoms with van der Waals surface area (Å²) >= 11 is 0. The first kappa shape index (κ1) is 14.3. The number of benzene rings is 1. The molecule has 0 amide bonds. The molecule has 1 aromatic heterocycles. The highest BCUT2D eigenvalue weighted by Gasteiger charge is 2.20. The van der Waals surface area contributed by atoms with E-state index in [1.54, 1.807) is 19.1 Å². The van der Waals surface area contributed by atoms with Crippen molar-refractivity contribution in [3.63, 3.8) is 0 Å². The summed E-state index contributed by atoms with van der Waals surface area (Å²) in [7, 11) is 2.81. The van der Waals surface area contributed by atoms with Gasteiger partial charge in [-0.3, -0.25) is 0 Å². The number of carbonyl (C=O) groups excluding carboxylic acids is 1. The van der Waals surface area contributed by atoms with Crippen LogP contribution >= 0.6 is 0 Å². The standard InChI is InChI=1S/C15H15FO4/c1-9-6-10(16)4-5-11(9)13-7-12(15(17)19-3)14(20-13)8-18-2/h4-7H,8H2,1-3H3. The lowest BCUT2D eigenvalue weighted by Gasteiger charge is -2.02. The first-order valence-corrected chi connectivity index (χ1v) is 6.03. The molecule has 0 aliphatic rings. The fourth-order valence-corrected chi connectivity index (χ4v) is 1.99. The van der Waals surface area contributed by atoms with E-state index in [2.05, 4.69) is 0 Å². The van der Waals surface area contributed by atoms with Gasteiger partial charge in [0.25, 0.3) is 0 Å². The van der Waals surface area contributed by atoms with E-state index >= 15 is 0 Å². The van der Waals surface area contributed by atoms with Crippen LogP contribution in [0.5, 0.6) is 0 Å². The minimum absolute atomic E-state index is 0.157. The molecule has 4 nitrogen and oxygen atoms in total. The van der Waals surface area contributed by atoms with Crippen LogP contribution in [0.2, 0.25) is 0 Å². The van der Waals surface area contributed by atoms with Crippen LogP contribution in [0.3, 0.4) is 0 Å². The number of furan rings is 1. The Morgan fingerprint density at radius 2 is 2.05 bits per heavy atom. The Bertz CT molecular complexity index is 631. The van der Waals surface area contributed by atoms with Crippen molar-refractivity contribution in [3.05, 3.63) is 47.0 Å². The number of carbonyl (C=O) groups is 1. The van der Waals surface area contributed by atoms with Crippen LogP contribution in [0.25, 0.3) is 11.3 Å². The third kappa shape index (κ3) is 2.72. The third-order valence-corrected chi connectivity index (χ3v) is 2.94. The summed E-state index contributed by atoms with van der Waals surface area (Å²) in [6, 6.07) is 5.95. The van der Waals surface area contributed by atoms with Gasteiger partial charge in [0.2, 0.25) is 0 Å². The quantitative estimate of drug-likeness (QED) is 0.805. The number of hydrogen-bond acceptors (Lipinski definition) is 4. The van der Waals surface area contributed by atoms with Gasteiger partial charge in [0.15, 0.2) is 0 Å². The van der Waals surface area contributed by atoms with Gasteiger partial charge in [0.1, 0.15) is 29.5 Å². The first-order chi connectivity index (χ1) is 9.56. The first-order valence-electron chi connectivity index (χ1n) is 6.03. The van der Waals surface area contributed by atoms with Gasteiger partial charge in [-0.25, -0.2) is 9.18 Å². The molecular weight excluding hydrogens is 263 g/mol. The van der Waals surface area contributed by atoms with Gasteiger partial charge < -0.3 is 13.9 Å². The number of aryl methyl sites for hydroxylation is 1.